The minimum absolute atomic E-state index is 0.186. The summed E-state index contributed by atoms with van der Waals surface area (Å²) in [6.45, 7) is 2.61. The van der Waals surface area contributed by atoms with Crippen molar-refractivity contribution in [2.24, 2.45) is 0 Å². The third-order valence-corrected chi connectivity index (χ3v) is 2.02. The van der Waals surface area contributed by atoms with Crippen molar-refractivity contribution in [3.8, 4) is 0 Å². The number of carbonyl (C=O) groups is 2. The summed E-state index contributed by atoms with van der Waals surface area (Å²) < 4.78 is 24.5. The van der Waals surface area contributed by atoms with Crippen molar-refractivity contribution in [3.63, 3.8) is 0 Å². The van der Waals surface area contributed by atoms with E-state index in [1.165, 1.54) is 7.11 Å². The fourth-order valence-corrected chi connectivity index (χ4v) is 1.33. The molecule has 1 fully saturated rings. The molecule has 0 aliphatic carbocycles. The zero-order chi connectivity index (χ0) is 12.8. The quantitative estimate of drug-likeness (QED) is 0.624. The van der Waals surface area contributed by atoms with Gasteiger partial charge in [-0.1, -0.05) is 0 Å². The van der Waals surface area contributed by atoms with E-state index in [1.54, 1.807) is 13.8 Å². The van der Waals surface area contributed by atoms with Gasteiger partial charge in [0, 0.05) is 7.11 Å². The summed E-state index contributed by atoms with van der Waals surface area (Å²) in [6.07, 6.45) is -2.31. The summed E-state index contributed by atoms with van der Waals surface area (Å²) in [4.78, 5) is 23.1. The smallest absolute Gasteiger partial charge is 0.338 e. The molecule has 1 aliphatic rings. The Morgan fingerprint density at radius 2 is 1.41 bits per heavy atom. The lowest BCUT2D eigenvalue weighted by Crippen LogP contribution is -2.39. The van der Waals surface area contributed by atoms with Crippen LogP contribution in [0.15, 0.2) is 0 Å². The van der Waals surface area contributed by atoms with Gasteiger partial charge in [-0.25, -0.2) is 9.59 Å². The van der Waals surface area contributed by atoms with Crippen LogP contribution in [0.5, 0.6) is 0 Å². The van der Waals surface area contributed by atoms with Crippen LogP contribution >= 0.6 is 0 Å². The Morgan fingerprint density at radius 1 is 1.00 bits per heavy atom. The highest BCUT2D eigenvalue weighted by molar-refractivity contribution is 5.86. The molecule has 7 nitrogen and oxygen atoms in total. The molecule has 0 radical (unpaired) electrons. The molecule has 0 N–H and O–H groups in total. The minimum atomic E-state index is -1.15. The van der Waals surface area contributed by atoms with Crippen molar-refractivity contribution in [1.29, 1.82) is 0 Å². The van der Waals surface area contributed by atoms with Crippen molar-refractivity contribution in [1.82, 2.24) is 0 Å². The number of ether oxygens (including phenoxy) is 5. The van der Waals surface area contributed by atoms with E-state index in [4.69, 9.17) is 23.7 Å². The Hall–Kier alpha value is -1.18. The van der Waals surface area contributed by atoms with Gasteiger partial charge in [0.05, 0.1) is 13.2 Å². The van der Waals surface area contributed by atoms with Gasteiger partial charge in [-0.2, -0.15) is 0 Å². The van der Waals surface area contributed by atoms with Crippen LogP contribution in [0.25, 0.3) is 0 Å². The van der Waals surface area contributed by atoms with Gasteiger partial charge < -0.3 is 23.7 Å². The fourth-order valence-electron chi connectivity index (χ4n) is 1.33. The summed E-state index contributed by atoms with van der Waals surface area (Å²) in [5.74, 6) is -1.35. The minimum Gasteiger partial charge on any atom is -0.464 e. The van der Waals surface area contributed by atoms with Crippen LogP contribution in [0.3, 0.4) is 0 Å². The SMILES string of the molecule is CCOC(=O)C1OC(OC)OC1C(=O)OCC. The molecule has 1 aliphatic heterocycles. The number of hydrogen-bond donors (Lipinski definition) is 0. The molecule has 17 heavy (non-hydrogen) atoms. The molecule has 7 heteroatoms. The van der Waals surface area contributed by atoms with E-state index in [1.807, 2.05) is 0 Å². The van der Waals surface area contributed by atoms with Gasteiger partial charge >= 0.3 is 11.9 Å². The number of rotatable bonds is 5. The maximum atomic E-state index is 11.5. The first kappa shape index (κ1) is 13.9. The summed E-state index contributed by atoms with van der Waals surface area (Å²) >= 11 is 0. The van der Waals surface area contributed by atoms with Crippen molar-refractivity contribution in [2.75, 3.05) is 20.3 Å². The predicted molar refractivity (Wildman–Crippen MR) is 53.8 cm³/mol. The van der Waals surface area contributed by atoms with Crippen LogP contribution in [-0.4, -0.2) is 50.9 Å². The lowest BCUT2D eigenvalue weighted by molar-refractivity contribution is -0.231. The van der Waals surface area contributed by atoms with Gasteiger partial charge in [0.2, 0.25) is 0 Å². The second-order valence-corrected chi connectivity index (χ2v) is 3.14. The normalized spacial score (nSPS) is 27.8. The average Bonchev–Trinajstić information content (AvgIpc) is 2.73. The third-order valence-electron chi connectivity index (χ3n) is 2.02. The first-order valence-corrected chi connectivity index (χ1v) is 5.31. The highest BCUT2D eigenvalue weighted by Crippen LogP contribution is 2.22. The van der Waals surface area contributed by atoms with Gasteiger partial charge in [0.15, 0.2) is 12.2 Å². The van der Waals surface area contributed by atoms with Crippen LogP contribution in [0, 0.1) is 0 Å². The molecule has 1 rings (SSSR count). The van der Waals surface area contributed by atoms with Crippen LogP contribution < -0.4 is 0 Å². The molecule has 98 valence electrons. The van der Waals surface area contributed by atoms with Crippen molar-refractivity contribution >= 4 is 11.9 Å². The Kier molecular flexibility index (Phi) is 5.33. The molecular weight excluding hydrogens is 232 g/mol. The van der Waals surface area contributed by atoms with Gasteiger partial charge in [-0.3, -0.25) is 0 Å². The van der Waals surface area contributed by atoms with E-state index < -0.39 is 30.6 Å². The molecule has 0 aromatic heterocycles. The first-order chi connectivity index (χ1) is 8.13. The van der Waals surface area contributed by atoms with Gasteiger partial charge in [-0.05, 0) is 13.8 Å². The van der Waals surface area contributed by atoms with E-state index in [9.17, 15) is 9.59 Å². The molecule has 1 heterocycles. The Morgan fingerprint density at radius 3 is 1.71 bits per heavy atom. The third kappa shape index (κ3) is 3.39. The molecule has 0 spiro atoms. The fraction of sp³-hybridized carbons (Fsp3) is 0.800. The van der Waals surface area contributed by atoms with E-state index in [0.29, 0.717) is 0 Å². The topological polar surface area (TPSA) is 80.3 Å². The molecule has 2 unspecified atom stereocenters. The molecule has 1 saturated heterocycles. The number of carbonyl (C=O) groups excluding carboxylic acids is 2. The molecule has 0 aromatic carbocycles. The highest BCUT2D eigenvalue weighted by Gasteiger charge is 2.47. The predicted octanol–water partition coefficient (Wildman–Crippen LogP) is -0.173. The van der Waals surface area contributed by atoms with Gasteiger partial charge in [-0.15, -0.1) is 0 Å². The zero-order valence-corrected chi connectivity index (χ0v) is 10.0. The van der Waals surface area contributed by atoms with Crippen molar-refractivity contribution in [2.45, 2.75) is 32.5 Å². The van der Waals surface area contributed by atoms with Crippen LogP contribution in [0.1, 0.15) is 13.8 Å². The monoisotopic (exact) mass is 248 g/mol. The van der Waals surface area contributed by atoms with E-state index in [-0.39, 0.29) is 13.2 Å². The number of methoxy groups -OCH3 is 1. The van der Waals surface area contributed by atoms with E-state index in [0.717, 1.165) is 0 Å². The summed E-state index contributed by atoms with van der Waals surface area (Å²) in [5, 5.41) is 0. The maximum Gasteiger partial charge on any atom is 0.338 e. The molecule has 0 saturated carbocycles. The van der Waals surface area contributed by atoms with Crippen LogP contribution in [0.4, 0.5) is 0 Å². The van der Waals surface area contributed by atoms with E-state index in [2.05, 4.69) is 0 Å². The zero-order valence-electron chi connectivity index (χ0n) is 10.0. The van der Waals surface area contributed by atoms with Crippen LogP contribution in [0.2, 0.25) is 0 Å². The number of hydrogen-bond acceptors (Lipinski definition) is 7. The average molecular weight is 248 g/mol. The standard InChI is InChI=1S/C10H16O7/c1-4-14-8(11)6-7(9(12)15-5-2)17-10(13-3)16-6/h6-7,10H,4-5H2,1-3H3. The summed E-state index contributed by atoms with van der Waals surface area (Å²) in [7, 11) is 1.33. The first-order valence-electron chi connectivity index (χ1n) is 5.31. The Labute approximate surface area is 98.9 Å². The van der Waals surface area contributed by atoms with E-state index >= 15 is 0 Å². The molecule has 2 atom stereocenters. The van der Waals surface area contributed by atoms with Crippen molar-refractivity contribution < 1.29 is 33.3 Å². The lowest BCUT2D eigenvalue weighted by Gasteiger charge is -2.13. The molecular formula is C10H16O7. The second-order valence-electron chi connectivity index (χ2n) is 3.14. The number of esters is 2. The lowest BCUT2D eigenvalue weighted by atomic mass is 10.2. The summed E-state index contributed by atoms with van der Waals surface area (Å²) in [6, 6.07) is 0. The molecule has 0 amide bonds. The highest BCUT2D eigenvalue weighted by atomic mass is 16.9. The van der Waals surface area contributed by atoms with Crippen molar-refractivity contribution in [3.05, 3.63) is 0 Å². The Bertz CT molecular complexity index is 252. The summed E-state index contributed by atoms with van der Waals surface area (Å²) in [5.41, 5.74) is 0. The maximum absolute atomic E-state index is 11.5. The molecule has 0 aromatic rings. The van der Waals surface area contributed by atoms with Gasteiger partial charge in [0.25, 0.3) is 6.48 Å². The molecule has 0 bridgehead atoms. The largest absolute Gasteiger partial charge is 0.464 e. The Balaban J connectivity index is 2.70. The van der Waals surface area contributed by atoms with Crippen LogP contribution in [-0.2, 0) is 33.3 Å². The van der Waals surface area contributed by atoms with Gasteiger partial charge in [0.1, 0.15) is 0 Å². The second kappa shape index (κ2) is 6.53.